The van der Waals surface area contributed by atoms with E-state index in [2.05, 4.69) is 47.7 Å². The lowest BCUT2D eigenvalue weighted by Gasteiger charge is -2.09. The average molecular weight is 661 g/mol. The van der Waals surface area contributed by atoms with Crippen LogP contribution in [0, 0.1) is 6.92 Å². The predicted octanol–water partition coefficient (Wildman–Crippen LogP) is 7.16. The maximum absolute atomic E-state index is 12.7. The number of ether oxygens (including phenoxy) is 1. The van der Waals surface area contributed by atoms with Crippen LogP contribution in [0.25, 0.3) is 6.08 Å². The number of carbonyl (C=O) groups excluding carboxylic acids is 3. The van der Waals surface area contributed by atoms with Crippen LogP contribution in [-0.2, 0) is 4.79 Å². The molecule has 2 N–H and O–H groups in total. The Bertz CT molecular complexity index is 1600. The van der Waals surface area contributed by atoms with Gasteiger partial charge in [0.25, 0.3) is 11.8 Å². The molecule has 0 aliphatic carbocycles. The van der Waals surface area contributed by atoms with Crippen LogP contribution in [0.1, 0.15) is 37.4 Å². The Balaban J connectivity index is 1.43. The van der Waals surface area contributed by atoms with Crippen molar-refractivity contribution in [1.82, 2.24) is 5.43 Å². The smallest absolute Gasteiger partial charge is 0.336 e. The highest BCUT2D eigenvalue weighted by Crippen LogP contribution is 2.32. The summed E-state index contributed by atoms with van der Waals surface area (Å²) in [5, 5.41) is 6.84. The topological polar surface area (TPSA) is 96.9 Å². The van der Waals surface area contributed by atoms with E-state index in [4.69, 9.17) is 4.74 Å². The molecule has 2 amide bonds. The zero-order chi connectivity index (χ0) is 28.5. The maximum Gasteiger partial charge on any atom is 0.336 e. The lowest BCUT2D eigenvalue weighted by Crippen LogP contribution is -2.18. The Hall–Kier alpha value is -4.34. The minimum Gasteiger partial charge on any atom is -0.421 e. The molecule has 0 atom stereocenters. The number of nitrogens with zero attached hydrogens (tertiary/aromatic N) is 1. The van der Waals surface area contributed by atoms with Crippen molar-refractivity contribution in [3.8, 4) is 5.75 Å². The molecule has 4 aromatic carbocycles. The summed E-state index contributed by atoms with van der Waals surface area (Å²) in [6.07, 6.45) is 4.36. The number of hydrazone groups is 1. The van der Waals surface area contributed by atoms with Crippen molar-refractivity contribution in [3.05, 3.63) is 134 Å². The Morgan fingerprint density at radius 2 is 1.57 bits per heavy atom. The van der Waals surface area contributed by atoms with Gasteiger partial charge in [-0.15, -0.1) is 0 Å². The van der Waals surface area contributed by atoms with E-state index in [0.717, 1.165) is 11.1 Å². The van der Waals surface area contributed by atoms with Gasteiger partial charge < -0.3 is 10.1 Å². The van der Waals surface area contributed by atoms with Gasteiger partial charge in [0.1, 0.15) is 0 Å². The SMILES string of the molecule is Cc1ccc(C(=O)Nc2cccc(C(=O)NN=Cc3cc(Br)cc(Br)c3OC(=O)/C=C/c3ccccc3)c2)cc1. The van der Waals surface area contributed by atoms with Gasteiger partial charge >= 0.3 is 5.97 Å². The summed E-state index contributed by atoms with van der Waals surface area (Å²) < 4.78 is 6.79. The van der Waals surface area contributed by atoms with Crippen LogP contribution in [0.15, 0.2) is 111 Å². The number of nitrogens with one attached hydrogen (secondary N) is 2. The van der Waals surface area contributed by atoms with Crippen molar-refractivity contribution < 1.29 is 19.1 Å². The summed E-state index contributed by atoms with van der Waals surface area (Å²) in [7, 11) is 0. The number of esters is 1. The third-order valence-corrected chi connectivity index (χ3v) is 6.56. The highest BCUT2D eigenvalue weighted by atomic mass is 79.9. The third kappa shape index (κ3) is 8.08. The first-order valence-electron chi connectivity index (χ1n) is 12.0. The number of amides is 2. The highest BCUT2D eigenvalue weighted by molar-refractivity contribution is 9.11. The molecule has 40 heavy (non-hydrogen) atoms. The molecule has 9 heteroatoms. The molecule has 0 radical (unpaired) electrons. The largest absolute Gasteiger partial charge is 0.421 e. The number of carbonyl (C=O) groups is 3. The van der Waals surface area contributed by atoms with Gasteiger partial charge in [-0.1, -0.05) is 70.0 Å². The zero-order valence-corrected chi connectivity index (χ0v) is 24.4. The molecule has 0 aromatic heterocycles. The fraction of sp³-hybridized carbons (Fsp3) is 0.0323. The van der Waals surface area contributed by atoms with Crippen molar-refractivity contribution in [3.63, 3.8) is 0 Å². The van der Waals surface area contributed by atoms with Gasteiger partial charge in [-0.25, -0.2) is 10.2 Å². The third-order valence-electron chi connectivity index (χ3n) is 5.52. The van der Waals surface area contributed by atoms with Gasteiger partial charge in [-0.3, -0.25) is 9.59 Å². The predicted molar refractivity (Wildman–Crippen MR) is 164 cm³/mol. The summed E-state index contributed by atoms with van der Waals surface area (Å²) in [6.45, 7) is 1.94. The molecular formula is C31H23Br2N3O4. The number of rotatable bonds is 8. The van der Waals surface area contributed by atoms with Crippen LogP contribution in [-0.4, -0.2) is 24.0 Å². The Morgan fingerprint density at radius 3 is 2.33 bits per heavy atom. The van der Waals surface area contributed by atoms with Gasteiger partial charge in [0.2, 0.25) is 0 Å². The minimum absolute atomic E-state index is 0.240. The van der Waals surface area contributed by atoms with Crippen LogP contribution in [0.4, 0.5) is 5.69 Å². The number of aryl methyl sites for hydroxylation is 1. The van der Waals surface area contributed by atoms with Gasteiger partial charge in [0.05, 0.1) is 10.7 Å². The van der Waals surface area contributed by atoms with E-state index >= 15 is 0 Å². The Kier molecular flexibility index (Phi) is 9.77. The summed E-state index contributed by atoms with van der Waals surface area (Å²) in [5.74, 6) is -1.10. The number of benzene rings is 4. The van der Waals surface area contributed by atoms with Gasteiger partial charge in [0.15, 0.2) is 5.75 Å². The summed E-state index contributed by atoms with van der Waals surface area (Å²) in [6, 6.07) is 26.5. The molecule has 0 saturated heterocycles. The Labute approximate surface area is 248 Å². The molecule has 7 nitrogen and oxygen atoms in total. The quantitative estimate of drug-likeness (QED) is 0.0689. The first-order chi connectivity index (χ1) is 19.3. The number of hydrogen-bond donors (Lipinski definition) is 2. The lowest BCUT2D eigenvalue weighted by atomic mass is 10.1. The van der Waals surface area contributed by atoms with Crippen molar-refractivity contribution in [2.24, 2.45) is 5.10 Å². The van der Waals surface area contributed by atoms with Crippen molar-refractivity contribution in [1.29, 1.82) is 0 Å². The fourth-order valence-corrected chi connectivity index (χ4v) is 4.86. The van der Waals surface area contributed by atoms with Crippen molar-refractivity contribution in [2.75, 3.05) is 5.32 Å². The normalized spacial score (nSPS) is 11.0. The maximum atomic E-state index is 12.7. The molecule has 0 aliphatic rings. The molecule has 4 aromatic rings. The van der Waals surface area contributed by atoms with Crippen molar-refractivity contribution >= 4 is 67.6 Å². The monoisotopic (exact) mass is 659 g/mol. The molecule has 0 aliphatic heterocycles. The Morgan fingerprint density at radius 1 is 0.825 bits per heavy atom. The molecule has 200 valence electrons. The molecule has 0 saturated carbocycles. The number of halogens is 2. The van der Waals surface area contributed by atoms with Gasteiger partial charge in [-0.05, 0) is 77.0 Å². The summed E-state index contributed by atoms with van der Waals surface area (Å²) in [4.78, 5) is 37.7. The van der Waals surface area contributed by atoms with E-state index < -0.39 is 11.9 Å². The van der Waals surface area contributed by atoms with E-state index in [1.54, 1.807) is 54.6 Å². The van der Waals surface area contributed by atoms with Crippen LogP contribution in [0.5, 0.6) is 5.75 Å². The van der Waals surface area contributed by atoms with E-state index in [1.807, 2.05) is 49.4 Å². The van der Waals surface area contributed by atoms with E-state index in [9.17, 15) is 14.4 Å². The first kappa shape index (κ1) is 28.7. The summed E-state index contributed by atoms with van der Waals surface area (Å²) in [5.41, 5.74) is 6.10. The molecular weight excluding hydrogens is 638 g/mol. The van der Waals surface area contributed by atoms with Crippen molar-refractivity contribution in [2.45, 2.75) is 6.92 Å². The second kappa shape index (κ2) is 13.6. The lowest BCUT2D eigenvalue weighted by molar-refractivity contribution is -0.128. The number of anilines is 1. The van der Waals surface area contributed by atoms with E-state index in [-0.39, 0.29) is 11.7 Å². The highest BCUT2D eigenvalue weighted by Gasteiger charge is 2.13. The first-order valence-corrected chi connectivity index (χ1v) is 13.6. The number of hydrogen-bond acceptors (Lipinski definition) is 5. The fourth-order valence-electron chi connectivity index (χ4n) is 3.52. The zero-order valence-electron chi connectivity index (χ0n) is 21.2. The molecule has 0 bridgehead atoms. The standard InChI is InChI=1S/C31H23Br2N3O4/c1-20-10-13-22(14-11-20)30(38)35-26-9-5-8-23(17-26)31(39)36-34-19-24-16-25(32)18-27(33)29(24)40-28(37)15-12-21-6-3-2-4-7-21/h2-19H,1H3,(H,35,38)(H,36,39)/b15-12+,34-19?. The molecule has 4 rings (SSSR count). The molecule has 0 heterocycles. The second-order valence-corrected chi connectivity index (χ2v) is 10.3. The van der Waals surface area contributed by atoms with Gasteiger partial charge in [-0.2, -0.15) is 5.10 Å². The molecule has 0 unspecified atom stereocenters. The van der Waals surface area contributed by atoms with Crippen LogP contribution in [0.3, 0.4) is 0 Å². The summed E-state index contributed by atoms with van der Waals surface area (Å²) >= 11 is 6.83. The molecule has 0 spiro atoms. The van der Waals surface area contributed by atoms with Crippen LogP contribution < -0.4 is 15.5 Å². The van der Waals surface area contributed by atoms with Crippen LogP contribution >= 0.6 is 31.9 Å². The van der Waals surface area contributed by atoms with Crippen LogP contribution in [0.2, 0.25) is 0 Å². The second-order valence-electron chi connectivity index (χ2n) is 8.57. The van der Waals surface area contributed by atoms with Gasteiger partial charge in [0, 0.05) is 32.9 Å². The van der Waals surface area contributed by atoms with E-state index in [0.29, 0.717) is 31.3 Å². The molecule has 0 fully saturated rings. The minimum atomic E-state index is -0.574. The average Bonchev–Trinajstić information content (AvgIpc) is 2.94. The van der Waals surface area contributed by atoms with E-state index in [1.165, 1.54) is 12.3 Å².